The zero-order valence-corrected chi connectivity index (χ0v) is 33.1. The van der Waals surface area contributed by atoms with E-state index in [0.29, 0.717) is 0 Å². The van der Waals surface area contributed by atoms with Gasteiger partial charge in [-0.1, -0.05) is 158 Å². The third-order valence-electron chi connectivity index (χ3n) is 12.7. The Morgan fingerprint density at radius 3 is 1.54 bits per heavy atom. The fraction of sp³-hybridized carbons (Fsp3) is 0. The first kappa shape index (κ1) is 33.8. The molecule has 1 heterocycles. The topological polar surface area (TPSA) is 19.6 Å². The summed E-state index contributed by atoms with van der Waals surface area (Å²) in [6, 6.07) is 79.5. The van der Waals surface area contributed by atoms with E-state index in [1.54, 1.807) is 0 Å². The van der Waals surface area contributed by atoms with Crippen LogP contribution in [0.1, 0.15) is 0 Å². The van der Waals surface area contributed by atoms with Gasteiger partial charge >= 0.3 is 0 Å². The average molecular weight is 777 g/mol. The molecule has 12 aromatic carbocycles. The van der Waals surface area contributed by atoms with E-state index in [9.17, 15) is 0 Å². The van der Waals surface area contributed by atoms with E-state index < -0.39 is 0 Å². The number of benzene rings is 12. The van der Waals surface area contributed by atoms with Crippen molar-refractivity contribution in [1.82, 2.24) is 0 Å². The SMILES string of the molecule is c1ccc(-c2ccccc2N(c2ccc3ccc4c(N(c5ccccc5)c5ccc6ccccc6c5)ccc5ccc2c3c54)c2ccc3oc4cccc5ccc2c3c54)cc1. The third kappa shape index (κ3) is 5.11. The van der Waals surface area contributed by atoms with Crippen LogP contribution in [0.5, 0.6) is 0 Å². The minimum absolute atomic E-state index is 0.902. The van der Waals surface area contributed by atoms with Crippen molar-refractivity contribution in [3.8, 4) is 11.1 Å². The average Bonchev–Trinajstić information content (AvgIpc) is 3.72. The Labute approximate surface area is 352 Å². The smallest absolute Gasteiger partial charge is 0.136 e. The number of furan rings is 1. The first-order chi connectivity index (χ1) is 30.3. The number of para-hydroxylation sites is 2. The molecule has 0 fully saturated rings. The van der Waals surface area contributed by atoms with Crippen molar-refractivity contribution < 1.29 is 4.42 Å². The molecule has 0 bridgehead atoms. The van der Waals surface area contributed by atoms with Crippen molar-refractivity contribution in [1.29, 1.82) is 0 Å². The summed E-state index contributed by atoms with van der Waals surface area (Å²) >= 11 is 0. The van der Waals surface area contributed by atoms with Gasteiger partial charge in [0.2, 0.25) is 0 Å². The molecule has 0 radical (unpaired) electrons. The molecule has 0 spiro atoms. The number of fused-ring (bicyclic) bond motifs is 1. The summed E-state index contributed by atoms with van der Waals surface area (Å²) in [5.74, 6) is 0. The van der Waals surface area contributed by atoms with Crippen LogP contribution in [0.2, 0.25) is 0 Å². The molecular formula is C58H36N2O. The Bertz CT molecular complexity index is 3780. The lowest BCUT2D eigenvalue weighted by Gasteiger charge is -2.31. The Morgan fingerprint density at radius 2 is 0.803 bits per heavy atom. The van der Waals surface area contributed by atoms with Crippen molar-refractivity contribution in [2.75, 3.05) is 9.80 Å². The Hall–Kier alpha value is -8.14. The van der Waals surface area contributed by atoms with Crippen LogP contribution < -0.4 is 9.80 Å². The first-order valence-corrected chi connectivity index (χ1v) is 20.9. The molecule has 0 aliphatic heterocycles. The van der Waals surface area contributed by atoms with E-state index in [-0.39, 0.29) is 0 Å². The minimum atomic E-state index is 0.902. The molecule has 13 rings (SSSR count). The molecule has 0 amide bonds. The fourth-order valence-electron chi connectivity index (χ4n) is 10.0. The number of hydrogen-bond donors (Lipinski definition) is 0. The zero-order valence-electron chi connectivity index (χ0n) is 33.1. The molecule has 0 saturated heterocycles. The standard InChI is InChI=1S/C58H36N2O/c1-3-13-38(14-4-1)45-19-9-10-20-49(45)60(52-34-35-54-58-48(52)31-23-39-16-11-21-53(61-54)57(39)58)51-33-27-41-24-29-46-50(32-26-40-25-30-47(51)56(41)55(40)46)59(43-17-5-2-6-18-43)44-28-22-37-12-7-8-15-42(37)36-44/h1-36H. The summed E-state index contributed by atoms with van der Waals surface area (Å²) in [5, 5.41) is 14.4. The lowest BCUT2D eigenvalue weighted by atomic mass is 9.91. The van der Waals surface area contributed by atoms with Gasteiger partial charge < -0.3 is 14.2 Å². The normalized spacial score (nSPS) is 11.9. The molecular weight excluding hydrogens is 741 g/mol. The van der Waals surface area contributed by atoms with Crippen LogP contribution in [0.3, 0.4) is 0 Å². The molecule has 61 heavy (non-hydrogen) atoms. The van der Waals surface area contributed by atoms with Gasteiger partial charge in [0.25, 0.3) is 0 Å². The van der Waals surface area contributed by atoms with Crippen molar-refractivity contribution >= 4 is 110 Å². The van der Waals surface area contributed by atoms with Gasteiger partial charge in [0, 0.05) is 43.9 Å². The maximum absolute atomic E-state index is 6.49. The molecule has 0 aliphatic carbocycles. The summed E-state index contributed by atoms with van der Waals surface area (Å²) in [4.78, 5) is 4.91. The second kappa shape index (κ2) is 13.2. The van der Waals surface area contributed by atoms with Crippen LogP contribution in [0.4, 0.5) is 34.1 Å². The van der Waals surface area contributed by atoms with E-state index in [1.807, 2.05) is 0 Å². The summed E-state index contributed by atoms with van der Waals surface area (Å²) in [6.07, 6.45) is 0. The van der Waals surface area contributed by atoms with Gasteiger partial charge in [0.1, 0.15) is 11.2 Å². The molecule has 0 N–H and O–H groups in total. The minimum Gasteiger partial charge on any atom is -0.456 e. The summed E-state index contributed by atoms with van der Waals surface area (Å²) < 4.78 is 6.49. The van der Waals surface area contributed by atoms with Crippen LogP contribution in [0.15, 0.2) is 223 Å². The molecule has 3 nitrogen and oxygen atoms in total. The summed E-state index contributed by atoms with van der Waals surface area (Å²) in [7, 11) is 0. The predicted octanol–water partition coefficient (Wildman–Crippen LogP) is 16.8. The Morgan fingerprint density at radius 1 is 0.279 bits per heavy atom. The van der Waals surface area contributed by atoms with E-state index in [0.717, 1.165) is 61.6 Å². The summed E-state index contributed by atoms with van der Waals surface area (Å²) in [5.41, 5.74) is 10.9. The van der Waals surface area contributed by atoms with E-state index in [4.69, 9.17) is 4.42 Å². The number of rotatable bonds is 7. The molecule has 0 atom stereocenters. The highest BCUT2D eigenvalue weighted by Crippen LogP contribution is 2.51. The number of hydrogen-bond acceptors (Lipinski definition) is 3. The van der Waals surface area contributed by atoms with Gasteiger partial charge in [-0.2, -0.15) is 0 Å². The Balaban J connectivity index is 1.10. The quantitative estimate of drug-likeness (QED) is 0.150. The second-order valence-electron chi connectivity index (χ2n) is 16.0. The van der Waals surface area contributed by atoms with Gasteiger partial charge in [-0.25, -0.2) is 0 Å². The van der Waals surface area contributed by atoms with Crippen LogP contribution in [0.25, 0.3) is 86.9 Å². The number of anilines is 6. The van der Waals surface area contributed by atoms with Crippen molar-refractivity contribution in [3.05, 3.63) is 218 Å². The monoisotopic (exact) mass is 776 g/mol. The van der Waals surface area contributed by atoms with Crippen molar-refractivity contribution in [2.24, 2.45) is 0 Å². The fourth-order valence-corrected chi connectivity index (χ4v) is 10.0. The zero-order chi connectivity index (χ0) is 40.0. The van der Waals surface area contributed by atoms with E-state index in [2.05, 4.69) is 228 Å². The van der Waals surface area contributed by atoms with Crippen LogP contribution in [-0.4, -0.2) is 0 Å². The Kier molecular flexibility index (Phi) is 7.31. The molecule has 1 aromatic heterocycles. The largest absolute Gasteiger partial charge is 0.456 e. The van der Waals surface area contributed by atoms with Crippen molar-refractivity contribution in [3.63, 3.8) is 0 Å². The summed E-state index contributed by atoms with van der Waals surface area (Å²) in [6.45, 7) is 0. The first-order valence-electron chi connectivity index (χ1n) is 20.9. The van der Waals surface area contributed by atoms with Crippen LogP contribution in [-0.2, 0) is 0 Å². The maximum atomic E-state index is 6.49. The van der Waals surface area contributed by atoms with Crippen LogP contribution >= 0.6 is 0 Å². The van der Waals surface area contributed by atoms with Gasteiger partial charge in [-0.15, -0.1) is 0 Å². The number of nitrogens with zero attached hydrogens (tertiary/aromatic N) is 2. The molecule has 0 saturated carbocycles. The predicted molar refractivity (Wildman–Crippen MR) is 258 cm³/mol. The highest BCUT2D eigenvalue weighted by atomic mass is 16.3. The van der Waals surface area contributed by atoms with Gasteiger partial charge in [0.05, 0.1) is 22.7 Å². The highest BCUT2D eigenvalue weighted by Gasteiger charge is 2.26. The molecule has 0 aliphatic rings. The van der Waals surface area contributed by atoms with Crippen LogP contribution in [0, 0.1) is 0 Å². The van der Waals surface area contributed by atoms with Gasteiger partial charge in [-0.05, 0) is 104 Å². The van der Waals surface area contributed by atoms with E-state index >= 15 is 0 Å². The second-order valence-corrected chi connectivity index (χ2v) is 16.0. The highest BCUT2D eigenvalue weighted by molar-refractivity contribution is 6.29. The van der Waals surface area contributed by atoms with Gasteiger partial charge in [-0.3, -0.25) is 0 Å². The van der Waals surface area contributed by atoms with Crippen molar-refractivity contribution in [2.45, 2.75) is 0 Å². The van der Waals surface area contributed by atoms with E-state index in [1.165, 1.54) is 59.4 Å². The van der Waals surface area contributed by atoms with Gasteiger partial charge in [0.15, 0.2) is 0 Å². The lowest BCUT2D eigenvalue weighted by molar-refractivity contribution is 0.669. The molecule has 3 heteroatoms. The third-order valence-corrected chi connectivity index (χ3v) is 12.7. The molecule has 284 valence electrons. The molecule has 0 unspecified atom stereocenters. The lowest BCUT2D eigenvalue weighted by Crippen LogP contribution is -2.12. The molecule has 13 aromatic rings. The maximum Gasteiger partial charge on any atom is 0.136 e.